The summed E-state index contributed by atoms with van der Waals surface area (Å²) in [7, 11) is 3.17. The van der Waals surface area contributed by atoms with Gasteiger partial charge in [-0.05, 0) is 6.42 Å². The number of nitrogens with zero attached hydrogens (tertiary/aromatic N) is 3. The Kier molecular flexibility index (Phi) is 28.6. The number of hydrogen-bond acceptors (Lipinski definition) is 19. The molecule has 3 N–H and O–H groups in total. The van der Waals surface area contributed by atoms with Crippen LogP contribution in [0.3, 0.4) is 0 Å². The van der Waals surface area contributed by atoms with Crippen molar-refractivity contribution in [3.63, 3.8) is 0 Å². The van der Waals surface area contributed by atoms with Crippen LogP contribution in [0.15, 0.2) is 11.1 Å². The lowest BCUT2D eigenvalue weighted by atomic mass is 10.1. The normalized spacial score (nSPS) is 17.4. The molecule has 2 aromatic heterocycles. The number of methoxy groups -OCH3 is 2. The molecule has 0 unspecified atom stereocenters. The second-order valence-corrected chi connectivity index (χ2v) is 14.8. The van der Waals surface area contributed by atoms with Crippen molar-refractivity contribution in [2.75, 3.05) is 119 Å². The summed E-state index contributed by atoms with van der Waals surface area (Å²) in [6.07, 6.45) is 8.79. The molecule has 63 heavy (non-hydrogen) atoms. The third kappa shape index (κ3) is 22.1. The number of hydrogen-bond donors (Lipinski definition) is 2. The molecule has 0 aliphatic carbocycles. The van der Waals surface area contributed by atoms with E-state index in [1.807, 2.05) is 0 Å². The highest BCUT2D eigenvalue weighted by Crippen LogP contribution is 2.36. The number of ether oxygens (including phenoxy) is 12. The first-order valence-electron chi connectivity index (χ1n) is 22.2. The van der Waals surface area contributed by atoms with Gasteiger partial charge in [0.1, 0.15) is 25.9 Å². The molecule has 2 aromatic rings. The molecule has 0 saturated carbocycles. The summed E-state index contributed by atoms with van der Waals surface area (Å²) in [6.45, 7) is 4.58. The number of anilines is 1. The molecule has 360 valence electrons. The largest absolute Gasteiger partial charge is 0.463 e. The number of nitrogens with one attached hydrogen (secondary N) is 1. The molecule has 1 saturated heterocycles. The molecule has 3 heterocycles. The maximum atomic E-state index is 13.3. The van der Waals surface area contributed by atoms with Gasteiger partial charge in [-0.1, -0.05) is 71.1 Å². The predicted octanol–water partition coefficient (Wildman–Crippen LogP) is 3.06. The van der Waals surface area contributed by atoms with Gasteiger partial charge in [-0.3, -0.25) is 19.1 Å². The maximum absolute atomic E-state index is 13.3. The van der Waals surface area contributed by atoms with E-state index in [1.54, 1.807) is 14.2 Å². The van der Waals surface area contributed by atoms with Crippen molar-refractivity contribution in [2.24, 2.45) is 0 Å². The zero-order chi connectivity index (χ0) is 45.3. The van der Waals surface area contributed by atoms with E-state index in [9.17, 15) is 19.2 Å². The molecular formula is C42H71N5O16. The van der Waals surface area contributed by atoms with E-state index in [-0.39, 0.29) is 56.6 Å². The molecule has 0 spiro atoms. The monoisotopic (exact) mass is 901 g/mol. The molecule has 0 radical (unpaired) electrons. The second-order valence-electron chi connectivity index (χ2n) is 14.8. The van der Waals surface area contributed by atoms with Gasteiger partial charge in [-0.15, -0.1) is 0 Å². The Hall–Kier alpha value is -3.80. The van der Waals surface area contributed by atoms with Crippen LogP contribution >= 0.6 is 0 Å². The molecule has 0 bridgehead atoms. The molecule has 3 rings (SSSR count). The van der Waals surface area contributed by atoms with Gasteiger partial charge in [-0.25, -0.2) is 14.6 Å². The Morgan fingerprint density at radius 3 is 1.67 bits per heavy atom. The minimum Gasteiger partial charge on any atom is -0.463 e. The average molecular weight is 902 g/mol. The number of carbonyl (C=O) groups is 3. The van der Waals surface area contributed by atoms with Gasteiger partial charge in [0.15, 0.2) is 29.6 Å². The number of nitrogens with two attached hydrogens (primary N) is 1. The topological polar surface area (TPSA) is 252 Å². The minimum atomic E-state index is -1.37. The number of H-pyrrole nitrogens is 1. The Bertz CT molecular complexity index is 1600. The van der Waals surface area contributed by atoms with Crippen LogP contribution in [-0.2, 0) is 71.2 Å². The van der Waals surface area contributed by atoms with Crippen LogP contribution in [0.5, 0.6) is 0 Å². The number of imidazole rings is 1. The molecule has 0 aromatic carbocycles. The zero-order valence-corrected chi connectivity index (χ0v) is 37.4. The van der Waals surface area contributed by atoms with Crippen LogP contribution in [0.4, 0.5) is 5.95 Å². The fourth-order valence-corrected chi connectivity index (χ4v) is 6.49. The quantitative estimate of drug-likeness (QED) is 0.0556. The van der Waals surface area contributed by atoms with Crippen molar-refractivity contribution in [2.45, 2.75) is 109 Å². The van der Waals surface area contributed by atoms with Crippen LogP contribution in [0.2, 0.25) is 0 Å². The van der Waals surface area contributed by atoms with Crippen molar-refractivity contribution in [3.8, 4) is 0 Å². The first kappa shape index (κ1) is 53.5. The summed E-state index contributed by atoms with van der Waals surface area (Å²) < 4.78 is 67.6. The summed E-state index contributed by atoms with van der Waals surface area (Å²) >= 11 is 0. The molecule has 1 fully saturated rings. The van der Waals surface area contributed by atoms with E-state index >= 15 is 0 Å². The highest BCUT2D eigenvalue weighted by molar-refractivity contribution is 5.73. The number of nitrogen functional groups attached to an aromatic ring is 1. The Morgan fingerprint density at radius 2 is 1.14 bits per heavy atom. The summed E-state index contributed by atoms with van der Waals surface area (Å²) in [5.41, 5.74) is 5.19. The average Bonchev–Trinajstić information content (AvgIpc) is 3.83. The van der Waals surface area contributed by atoms with Crippen molar-refractivity contribution in [3.05, 3.63) is 16.7 Å². The lowest BCUT2D eigenvalue weighted by molar-refractivity contribution is -0.175. The number of rotatable bonds is 39. The van der Waals surface area contributed by atoms with E-state index in [4.69, 9.17) is 62.6 Å². The number of fused-ring (bicyclic) bond motifs is 1. The highest BCUT2D eigenvalue weighted by atomic mass is 16.7. The van der Waals surface area contributed by atoms with Crippen LogP contribution in [0, 0.1) is 0 Å². The molecule has 1 aliphatic rings. The van der Waals surface area contributed by atoms with Gasteiger partial charge >= 0.3 is 17.9 Å². The number of esters is 3. The van der Waals surface area contributed by atoms with Crippen LogP contribution in [-0.4, -0.2) is 169 Å². The van der Waals surface area contributed by atoms with Gasteiger partial charge in [0.2, 0.25) is 5.95 Å². The van der Waals surface area contributed by atoms with E-state index in [0.717, 1.165) is 19.3 Å². The lowest BCUT2D eigenvalue weighted by Crippen LogP contribution is -2.42. The molecule has 21 heteroatoms. The van der Waals surface area contributed by atoms with Crippen molar-refractivity contribution >= 4 is 35.0 Å². The second kappa shape index (κ2) is 33.7. The standard InChI is InChI=1S/C42H71N5O16/c1-4-5-6-7-8-9-10-11-12-13-14-15-33(48)60-28-32-37(62-34(49)29-58-26-24-56-22-20-54-18-16-52-2)38(63-35(50)30-59-27-25-57-23-21-55-19-17-53-3)41(61-32)47-31-44-36-39(47)45-42(43)46-40(36)51/h31-32,37-38,41H,4-30H2,1-3H3,(H3,43,45,46,51)/t32-,37-,38-,41-/m1/s1. The number of aromatic nitrogens is 4. The third-order valence-electron chi connectivity index (χ3n) is 9.73. The summed E-state index contributed by atoms with van der Waals surface area (Å²) in [6, 6.07) is 0. The van der Waals surface area contributed by atoms with Crippen molar-refractivity contribution in [1.82, 2.24) is 19.5 Å². The van der Waals surface area contributed by atoms with Gasteiger partial charge in [0, 0.05) is 20.6 Å². The molecule has 1 aliphatic heterocycles. The third-order valence-corrected chi connectivity index (χ3v) is 9.73. The SMILES string of the molecule is CCCCCCCCCCCCCC(=O)OC[C@H]1O[C@@H](n2cnc3c(=O)[nH]c(N)nc32)[C@H](OC(=O)COCCOCCOCCOC)[C@@H]1OC(=O)COCCOCCOCCOC. The fourth-order valence-electron chi connectivity index (χ4n) is 6.49. The predicted molar refractivity (Wildman–Crippen MR) is 227 cm³/mol. The molecule has 21 nitrogen and oxygen atoms in total. The van der Waals surface area contributed by atoms with E-state index < -0.39 is 61.2 Å². The number of carbonyl (C=O) groups excluding carboxylic acids is 3. The Morgan fingerprint density at radius 1 is 0.667 bits per heavy atom. The smallest absolute Gasteiger partial charge is 0.332 e. The molecular weight excluding hydrogens is 830 g/mol. The van der Waals surface area contributed by atoms with Gasteiger partial charge in [-0.2, -0.15) is 4.98 Å². The highest BCUT2D eigenvalue weighted by Gasteiger charge is 2.51. The molecule has 0 amide bonds. The van der Waals surface area contributed by atoms with Crippen LogP contribution in [0.1, 0.15) is 90.2 Å². The summed E-state index contributed by atoms with van der Waals surface area (Å²) in [4.78, 5) is 63.0. The lowest BCUT2D eigenvalue weighted by Gasteiger charge is -2.25. The first-order valence-corrected chi connectivity index (χ1v) is 22.2. The van der Waals surface area contributed by atoms with Gasteiger partial charge < -0.3 is 62.6 Å². The Balaban J connectivity index is 1.65. The van der Waals surface area contributed by atoms with E-state index in [0.29, 0.717) is 59.3 Å². The maximum Gasteiger partial charge on any atom is 0.332 e. The first-order chi connectivity index (χ1) is 30.8. The van der Waals surface area contributed by atoms with Crippen molar-refractivity contribution in [1.29, 1.82) is 0 Å². The van der Waals surface area contributed by atoms with E-state index in [1.165, 1.54) is 55.8 Å². The zero-order valence-electron chi connectivity index (χ0n) is 37.4. The van der Waals surface area contributed by atoms with Gasteiger partial charge in [0.25, 0.3) is 5.56 Å². The summed E-state index contributed by atoms with van der Waals surface area (Å²) in [5.74, 6) is -2.32. The number of aromatic amines is 1. The number of unbranched alkanes of at least 4 members (excludes halogenated alkanes) is 10. The van der Waals surface area contributed by atoms with Crippen LogP contribution < -0.4 is 11.3 Å². The van der Waals surface area contributed by atoms with E-state index in [2.05, 4.69) is 21.9 Å². The molecule has 4 atom stereocenters. The minimum absolute atomic E-state index is 0.00791. The Labute approximate surface area is 369 Å². The van der Waals surface area contributed by atoms with Crippen LogP contribution in [0.25, 0.3) is 11.2 Å². The van der Waals surface area contributed by atoms with Gasteiger partial charge in [0.05, 0.1) is 85.6 Å². The fraction of sp³-hybridized carbons (Fsp3) is 0.810. The van der Waals surface area contributed by atoms with Crippen molar-refractivity contribution < 1.29 is 71.2 Å². The summed E-state index contributed by atoms with van der Waals surface area (Å²) in [5, 5.41) is 0.